The Bertz CT molecular complexity index is 1120. The van der Waals surface area contributed by atoms with Crippen LogP contribution in [0.25, 0.3) is 16.2 Å². The van der Waals surface area contributed by atoms with E-state index in [0.717, 1.165) is 72.0 Å². The van der Waals surface area contributed by atoms with Crippen LogP contribution in [0.5, 0.6) is 0 Å². The highest BCUT2D eigenvalue weighted by Gasteiger charge is 2.18. The molecule has 0 amide bonds. The van der Waals surface area contributed by atoms with Gasteiger partial charge in [-0.25, -0.2) is 14.5 Å². The fourth-order valence-corrected chi connectivity index (χ4v) is 4.45. The van der Waals surface area contributed by atoms with Crippen LogP contribution >= 0.6 is 11.3 Å². The quantitative estimate of drug-likeness (QED) is 0.453. The lowest BCUT2D eigenvalue weighted by atomic mass is 10.1. The summed E-state index contributed by atoms with van der Waals surface area (Å²) in [6.07, 6.45) is 7.17. The number of nitrogens with one attached hydrogen (secondary N) is 1. The molecule has 1 aliphatic heterocycles. The number of hydrogen-bond donors (Lipinski definition) is 2. The average molecular weight is 437 g/mol. The fraction of sp³-hybridized carbons (Fsp3) is 0.333. The minimum atomic E-state index is -0.329. The summed E-state index contributed by atoms with van der Waals surface area (Å²) in [6, 6.07) is 7.53. The predicted molar refractivity (Wildman–Crippen MR) is 120 cm³/mol. The monoisotopic (exact) mass is 436 g/mol. The highest BCUT2D eigenvalue weighted by molar-refractivity contribution is 7.16. The third-order valence-electron chi connectivity index (χ3n) is 5.31. The van der Waals surface area contributed by atoms with Crippen LogP contribution in [0.1, 0.15) is 16.6 Å². The normalized spacial score (nSPS) is 15.9. The summed E-state index contributed by atoms with van der Waals surface area (Å²) >= 11 is 1.49. The van der Waals surface area contributed by atoms with Crippen LogP contribution in [0, 0.1) is 0 Å². The standard InChI is InChI=1S/C21H24N8OS/c22-19(16-2-1-5-23-12-16)20-27-29-17(14-26-21(29)31-20)15-3-4-18(25-13-15)24-6-7-28-8-10-30-11-9-28/h1-5,12-14,19H,6-11,22H2,(H,24,25). The largest absolute Gasteiger partial charge is 0.379 e. The van der Waals surface area contributed by atoms with Crippen molar-refractivity contribution in [1.29, 1.82) is 0 Å². The van der Waals surface area contributed by atoms with Crippen molar-refractivity contribution in [3.63, 3.8) is 0 Å². The molecule has 5 heterocycles. The second kappa shape index (κ2) is 9.06. The van der Waals surface area contributed by atoms with Gasteiger partial charge in [0.05, 0.1) is 31.1 Å². The SMILES string of the molecule is NC(c1cccnc1)c1nn2c(-c3ccc(NCCN4CCOCC4)nc3)cnc2s1. The maximum atomic E-state index is 6.38. The molecule has 1 aliphatic rings. The molecule has 1 unspecified atom stereocenters. The minimum Gasteiger partial charge on any atom is -0.379 e. The topological polar surface area (TPSA) is 106 Å². The van der Waals surface area contributed by atoms with Gasteiger partial charge in [-0.3, -0.25) is 9.88 Å². The van der Waals surface area contributed by atoms with Gasteiger partial charge in [0, 0.05) is 50.3 Å². The first-order valence-electron chi connectivity index (χ1n) is 10.3. The minimum absolute atomic E-state index is 0.329. The average Bonchev–Trinajstić information content (AvgIpc) is 3.42. The molecule has 1 saturated heterocycles. The second-order valence-corrected chi connectivity index (χ2v) is 8.34. The molecule has 160 valence electrons. The fourth-order valence-electron chi connectivity index (χ4n) is 3.55. The van der Waals surface area contributed by atoms with Gasteiger partial charge in [-0.05, 0) is 23.8 Å². The summed E-state index contributed by atoms with van der Waals surface area (Å²) in [5, 5.41) is 8.89. The Hall–Kier alpha value is -2.92. The van der Waals surface area contributed by atoms with Gasteiger partial charge >= 0.3 is 0 Å². The zero-order chi connectivity index (χ0) is 21.0. The van der Waals surface area contributed by atoms with E-state index >= 15 is 0 Å². The third kappa shape index (κ3) is 4.42. The van der Waals surface area contributed by atoms with Gasteiger partial charge < -0.3 is 15.8 Å². The van der Waals surface area contributed by atoms with Crippen molar-refractivity contribution in [2.45, 2.75) is 6.04 Å². The van der Waals surface area contributed by atoms with Gasteiger partial charge in [0.1, 0.15) is 10.8 Å². The van der Waals surface area contributed by atoms with Crippen molar-refractivity contribution in [2.24, 2.45) is 5.73 Å². The van der Waals surface area contributed by atoms with E-state index in [2.05, 4.69) is 25.2 Å². The maximum Gasteiger partial charge on any atom is 0.212 e. The molecule has 31 heavy (non-hydrogen) atoms. The van der Waals surface area contributed by atoms with Crippen molar-refractivity contribution in [3.05, 3.63) is 59.6 Å². The highest BCUT2D eigenvalue weighted by atomic mass is 32.1. The van der Waals surface area contributed by atoms with Crippen molar-refractivity contribution < 1.29 is 4.74 Å². The van der Waals surface area contributed by atoms with Crippen LogP contribution in [-0.4, -0.2) is 68.9 Å². The Kier molecular flexibility index (Phi) is 5.85. The number of hydrogen-bond acceptors (Lipinski definition) is 9. The first-order chi connectivity index (χ1) is 15.3. The first kappa shape index (κ1) is 20.0. The van der Waals surface area contributed by atoms with Crippen molar-refractivity contribution in [2.75, 3.05) is 44.7 Å². The van der Waals surface area contributed by atoms with Gasteiger partial charge in [0.2, 0.25) is 4.96 Å². The second-order valence-electron chi connectivity index (χ2n) is 7.36. The number of nitrogens with two attached hydrogens (primary N) is 1. The molecule has 0 spiro atoms. The number of anilines is 1. The molecule has 1 fully saturated rings. The lowest BCUT2D eigenvalue weighted by Gasteiger charge is -2.26. The van der Waals surface area contributed by atoms with E-state index in [-0.39, 0.29) is 6.04 Å². The molecular formula is C21H24N8OS. The van der Waals surface area contributed by atoms with Gasteiger partial charge in [-0.15, -0.1) is 0 Å². The van der Waals surface area contributed by atoms with Crippen LogP contribution < -0.4 is 11.1 Å². The maximum absolute atomic E-state index is 6.38. The molecule has 0 radical (unpaired) electrons. The molecule has 10 heteroatoms. The van der Waals surface area contributed by atoms with E-state index in [4.69, 9.17) is 15.6 Å². The Labute approximate surface area is 183 Å². The molecule has 3 N–H and O–H groups in total. The van der Waals surface area contributed by atoms with Crippen LogP contribution in [-0.2, 0) is 4.74 Å². The Morgan fingerprint density at radius 1 is 1.13 bits per heavy atom. The van der Waals surface area contributed by atoms with E-state index in [9.17, 15) is 0 Å². The number of pyridine rings is 2. The molecule has 0 bridgehead atoms. The smallest absolute Gasteiger partial charge is 0.212 e. The number of ether oxygens (including phenoxy) is 1. The lowest BCUT2D eigenvalue weighted by Crippen LogP contribution is -2.39. The van der Waals surface area contributed by atoms with Crippen LogP contribution in [0.4, 0.5) is 5.82 Å². The van der Waals surface area contributed by atoms with Crippen LogP contribution in [0.15, 0.2) is 49.1 Å². The van der Waals surface area contributed by atoms with E-state index in [1.54, 1.807) is 12.4 Å². The molecule has 1 atom stereocenters. The number of rotatable bonds is 7. The molecule has 0 aliphatic carbocycles. The lowest BCUT2D eigenvalue weighted by molar-refractivity contribution is 0.0398. The summed E-state index contributed by atoms with van der Waals surface area (Å²) < 4.78 is 7.22. The van der Waals surface area contributed by atoms with E-state index in [0.29, 0.717) is 0 Å². The van der Waals surface area contributed by atoms with Gasteiger partial charge in [0.15, 0.2) is 0 Å². The number of nitrogens with zero attached hydrogens (tertiary/aromatic N) is 6. The third-order valence-corrected chi connectivity index (χ3v) is 6.31. The zero-order valence-corrected chi connectivity index (χ0v) is 17.8. The number of imidazole rings is 1. The van der Waals surface area contributed by atoms with E-state index in [1.165, 1.54) is 11.3 Å². The zero-order valence-electron chi connectivity index (χ0n) is 17.0. The summed E-state index contributed by atoms with van der Waals surface area (Å²) in [5.74, 6) is 0.857. The van der Waals surface area contributed by atoms with E-state index < -0.39 is 0 Å². The molecule has 9 nitrogen and oxygen atoms in total. The predicted octanol–water partition coefficient (Wildman–Crippen LogP) is 2.04. The Morgan fingerprint density at radius 3 is 2.81 bits per heavy atom. The first-order valence-corrected chi connectivity index (χ1v) is 11.1. The molecule has 4 aromatic heterocycles. The van der Waals surface area contributed by atoms with Gasteiger partial charge in [0.25, 0.3) is 0 Å². The highest BCUT2D eigenvalue weighted by Crippen LogP contribution is 2.28. The van der Waals surface area contributed by atoms with Crippen LogP contribution in [0.2, 0.25) is 0 Å². The molecule has 0 aromatic carbocycles. The summed E-state index contributed by atoms with van der Waals surface area (Å²) in [4.78, 5) is 16.4. The van der Waals surface area contributed by atoms with E-state index in [1.807, 2.05) is 41.2 Å². The molecular weight excluding hydrogens is 412 g/mol. The summed E-state index contributed by atoms with van der Waals surface area (Å²) in [5.41, 5.74) is 9.16. The van der Waals surface area contributed by atoms with Gasteiger partial charge in [-0.1, -0.05) is 17.4 Å². The number of aromatic nitrogens is 5. The number of fused-ring (bicyclic) bond motifs is 1. The Balaban J connectivity index is 1.27. The van der Waals surface area contributed by atoms with Crippen molar-refractivity contribution in [3.8, 4) is 11.3 Å². The van der Waals surface area contributed by atoms with Crippen molar-refractivity contribution >= 4 is 22.1 Å². The summed E-state index contributed by atoms with van der Waals surface area (Å²) in [6.45, 7) is 5.45. The summed E-state index contributed by atoms with van der Waals surface area (Å²) in [7, 11) is 0. The van der Waals surface area contributed by atoms with Gasteiger partial charge in [-0.2, -0.15) is 5.10 Å². The Morgan fingerprint density at radius 2 is 2.03 bits per heavy atom. The molecule has 4 aromatic rings. The molecule has 5 rings (SSSR count). The number of morpholine rings is 1. The van der Waals surface area contributed by atoms with Crippen LogP contribution in [0.3, 0.4) is 0 Å². The molecule has 0 saturated carbocycles. The van der Waals surface area contributed by atoms with Crippen molar-refractivity contribution in [1.82, 2.24) is 29.5 Å².